The molecule has 1 aliphatic rings. The van der Waals surface area contributed by atoms with Crippen molar-refractivity contribution in [3.05, 3.63) is 0 Å². The Labute approximate surface area is 96.7 Å². The van der Waals surface area contributed by atoms with E-state index in [1.54, 1.807) is 7.11 Å². The zero-order valence-corrected chi connectivity index (χ0v) is 10.1. The number of amides is 1. The van der Waals surface area contributed by atoms with Crippen molar-refractivity contribution in [2.24, 2.45) is 11.7 Å². The van der Waals surface area contributed by atoms with Gasteiger partial charge in [-0.05, 0) is 18.8 Å². The van der Waals surface area contributed by atoms with Crippen molar-refractivity contribution < 1.29 is 14.3 Å². The van der Waals surface area contributed by atoms with Gasteiger partial charge in [0.25, 0.3) is 0 Å². The molecule has 5 heteroatoms. The number of rotatable bonds is 6. The Hall–Kier alpha value is -0.650. The van der Waals surface area contributed by atoms with Gasteiger partial charge in [-0.1, -0.05) is 6.92 Å². The van der Waals surface area contributed by atoms with Gasteiger partial charge in [0.15, 0.2) is 0 Å². The Kier molecular flexibility index (Phi) is 5.73. The summed E-state index contributed by atoms with van der Waals surface area (Å²) in [6.07, 6.45) is 1.38. The van der Waals surface area contributed by atoms with Gasteiger partial charge in [0.05, 0.1) is 12.7 Å². The zero-order valence-electron chi connectivity index (χ0n) is 10.1. The first kappa shape index (κ1) is 13.4. The van der Waals surface area contributed by atoms with Crippen LogP contribution in [0, 0.1) is 5.92 Å². The smallest absolute Gasteiger partial charge is 0.249 e. The molecule has 3 atom stereocenters. The summed E-state index contributed by atoms with van der Waals surface area (Å²) < 4.78 is 10.5. The molecule has 0 saturated carbocycles. The number of methoxy groups -OCH3 is 1. The first-order valence-corrected chi connectivity index (χ1v) is 5.79. The van der Waals surface area contributed by atoms with E-state index in [0.29, 0.717) is 25.6 Å². The summed E-state index contributed by atoms with van der Waals surface area (Å²) in [5.74, 6) is 0.291. The SMILES string of the molecule is COCC(C)CNC(=O)[C@@H]1CC[C@H](CN)O1. The number of ether oxygens (including phenoxy) is 2. The van der Waals surface area contributed by atoms with Gasteiger partial charge in [0, 0.05) is 20.2 Å². The zero-order chi connectivity index (χ0) is 12.0. The molecule has 0 radical (unpaired) electrons. The molecule has 1 rings (SSSR count). The number of hydrogen-bond donors (Lipinski definition) is 2. The van der Waals surface area contributed by atoms with E-state index in [2.05, 4.69) is 5.32 Å². The Bertz CT molecular complexity index is 223. The van der Waals surface area contributed by atoms with E-state index in [4.69, 9.17) is 15.2 Å². The molecule has 0 aromatic rings. The summed E-state index contributed by atoms with van der Waals surface area (Å²) >= 11 is 0. The molecule has 1 heterocycles. The molecule has 16 heavy (non-hydrogen) atoms. The molecule has 3 N–H and O–H groups in total. The molecule has 0 spiro atoms. The maximum absolute atomic E-state index is 11.7. The maximum atomic E-state index is 11.7. The fraction of sp³-hybridized carbons (Fsp3) is 0.909. The molecule has 0 aromatic heterocycles. The van der Waals surface area contributed by atoms with E-state index in [0.717, 1.165) is 12.8 Å². The summed E-state index contributed by atoms with van der Waals surface area (Å²) in [4.78, 5) is 11.7. The van der Waals surface area contributed by atoms with E-state index in [1.807, 2.05) is 6.92 Å². The predicted octanol–water partition coefficient (Wildman–Crippen LogP) is -0.109. The van der Waals surface area contributed by atoms with Gasteiger partial charge in [-0.25, -0.2) is 0 Å². The lowest BCUT2D eigenvalue weighted by atomic mass is 10.1. The number of nitrogens with one attached hydrogen (secondary N) is 1. The van der Waals surface area contributed by atoms with Crippen LogP contribution in [0.15, 0.2) is 0 Å². The van der Waals surface area contributed by atoms with Gasteiger partial charge in [0.1, 0.15) is 6.10 Å². The Morgan fingerprint density at radius 2 is 2.38 bits per heavy atom. The number of carbonyl (C=O) groups is 1. The van der Waals surface area contributed by atoms with Crippen molar-refractivity contribution in [2.45, 2.75) is 32.0 Å². The molecule has 0 bridgehead atoms. The third kappa shape index (κ3) is 4.08. The lowest BCUT2D eigenvalue weighted by Gasteiger charge is -2.15. The van der Waals surface area contributed by atoms with E-state index in [9.17, 15) is 4.79 Å². The van der Waals surface area contributed by atoms with Gasteiger partial charge >= 0.3 is 0 Å². The highest BCUT2D eigenvalue weighted by Crippen LogP contribution is 2.18. The van der Waals surface area contributed by atoms with E-state index >= 15 is 0 Å². The minimum Gasteiger partial charge on any atom is -0.384 e. The monoisotopic (exact) mass is 230 g/mol. The third-order valence-electron chi connectivity index (χ3n) is 2.74. The molecule has 1 aliphatic heterocycles. The van der Waals surface area contributed by atoms with Crippen LogP contribution in [0.3, 0.4) is 0 Å². The maximum Gasteiger partial charge on any atom is 0.249 e. The van der Waals surface area contributed by atoms with Gasteiger partial charge < -0.3 is 20.5 Å². The van der Waals surface area contributed by atoms with Gasteiger partial charge in [-0.3, -0.25) is 4.79 Å². The summed E-state index contributed by atoms with van der Waals surface area (Å²) in [6.45, 7) is 3.79. The summed E-state index contributed by atoms with van der Waals surface area (Å²) in [5, 5.41) is 2.87. The molecule has 1 saturated heterocycles. The predicted molar refractivity (Wildman–Crippen MR) is 61.0 cm³/mol. The molecule has 1 fully saturated rings. The molecule has 94 valence electrons. The van der Waals surface area contributed by atoms with Crippen LogP contribution in [0.4, 0.5) is 0 Å². The molecule has 1 amide bonds. The van der Waals surface area contributed by atoms with Gasteiger partial charge in [0.2, 0.25) is 5.91 Å². The van der Waals surface area contributed by atoms with Crippen molar-refractivity contribution in [3.63, 3.8) is 0 Å². The average Bonchev–Trinajstić information content (AvgIpc) is 2.75. The fourth-order valence-electron chi connectivity index (χ4n) is 1.80. The first-order chi connectivity index (χ1) is 7.67. The summed E-state index contributed by atoms with van der Waals surface area (Å²) in [6, 6.07) is 0. The Morgan fingerprint density at radius 3 is 2.94 bits per heavy atom. The molecular weight excluding hydrogens is 208 g/mol. The molecule has 1 unspecified atom stereocenters. The standard InChI is InChI=1S/C11H22N2O3/c1-8(7-15-2)6-13-11(14)10-4-3-9(5-12)16-10/h8-10H,3-7,12H2,1-2H3,(H,13,14)/t8?,9-,10+/m1/s1. The van der Waals surface area contributed by atoms with Crippen molar-refractivity contribution in [2.75, 3.05) is 26.8 Å². The van der Waals surface area contributed by atoms with Gasteiger partial charge in [-0.2, -0.15) is 0 Å². The minimum atomic E-state index is -0.316. The third-order valence-corrected chi connectivity index (χ3v) is 2.74. The van der Waals surface area contributed by atoms with Crippen LogP contribution in [-0.2, 0) is 14.3 Å². The van der Waals surface area contributed by atoms with Crippen molar-refractivity contribution in [1.29, 1.82) is 0 Å². The van der Waals surface area contributed by atoms with Crippen LogP contribution >= 0.6 is 0 Å². The quantitative estimate of drug-likeness (QED) is 0.668. The Balaban J connectivity index is 2.20. The molecule has 0 aliphatic carbocycles. The molecule has 5 nitrogen and oxygen atoms in total. The second-order valence-corrected chi connectivity index (χ2v) is 4.37. The van der Waals surface area contributed by atoms with E-state index < -0.39 is 0 Å². The Morgan fingerprint density at radius 1 is 1.62 bits per heavy atom. The topological polar surface area (TPSA) is 73.6 Å². The fourth-order valence-corrected chi connectivity index (χ4v) is 1.80. The van der Waals surface area contributed by atoms with E-state index in [-0.39, 0.29) is 18.1 Å². The molecular formula is C11H22N2O3. The highest BCUT2D eigenvalue weighted by molar-refractivity contribution is 5.81. The number of carbonyl (C=O) groups excluding carboxylic acids is 1. The normalized spacial score (nSPS) is 26.7. The first-order valence-electron chi connectivity index (χ1n) is 5.79. The van der Waals surface area contributed by atoms with E-state index in [1.165, 1.54) is 0 Å². The minimum absolute atomic E-state index is 0.0288. The van der Waals surface area contributed by atoms with Gasteiger partial charge in [-0.15, -0.1) is 0 Å². The largest absolute Gasteiger partial charge is 0.384 e. The van der Waals surface area contributed by atoms with Crippen LogP contribution in [-0.4, -0.2) is 44.9 Å². The highest BCUT2D eigenvalue weighted by Gasteiger charge is 2.29. The van der Waals surface area contributed by atoms with Crippen LogP contribution in [0.25, 0.3) is 0 Å². The second kappa shape index (κ2) is 6.83. The second-order valence-electron chi connectivity index (χ2n) is 4.37. The lowest BCUT2D eigenvalue weighted by molar-refractivity contribution is -0.132. The molecule has 0 aromatic carbocycles. The number of nitrogens with two attached hydrogens (primary N) is 1. The average molecular weight is 230 g/mol. The number of hydrogen-bond acceptors (Lipinski definition) is 4. The summed E-state index contributed by atoms with van der Waals surface area (Å²) in [7, 11) is 1.66. The van der Waals surface area contributed by atoms with Crippen molar-refractivity contribution in [1.82, 2.24) is 5.32 Å². The van der Waals surface area contributed by atoms with Crippen LogP contribution in [0.2, 0.25) is 0 Å². The highest BCUT2D eigenvalue weighted by atomic mass is 16.5. The van der Waals surface area contributed by atoms with Crippen LogP contribution in [0.5, 0.6) is 0 Å². The lowest BCUT2D eigenvalue weighted by Crippen LogP contribution is -2.38. The van der Waals surface area contributed by atoms with Crippen LogP contribution < -0.4 is 11.1 Å². The van der Waals surface area contributed by atoms with Crippen LogP contribution in [0.1, 0.15) is 19.8 Å². The summed E-state index contributed by atoms with van der Waals surface area (Å²) in [5.41, 5.74) is 5.48. The van der Waals surface area contributed by atoms with Crippen molar-refractivity contribution in [3.8, 4) is 0 Å². The van der Waals surface area contributed by atoms with Crippen molar-refractivity contribution >= 4 is 5.91 Å².